The number of imidazole rings is 1. The lowest BCUT2D eigenvalue weighted by molar-refractivity contribution is 0.0231. The first-order chi connectivity index (χ1) is 14.1. The molecule has 30 heavy (non-hydrogen) atoms. The second kappa shape index (κ2) is 8.83. The van der Waals surface area contributed by atoms with Crippen LogP contribution in [0.25, 0.3) is 11.0 Å². The first-order valence-electron chi connectivity index (χ1n) is 9.70. The van der Waals surface area contributed by atoms with Crippen LogP contribution in [-0.4, -0.2) is 63.0 Å². The SMILES string of the molecule is CN(C)C(=O)c1csc(CCN(Cc2nc3ccccc3[nH]2)C(=O)OC(C)(C)C)n1. The van der Waals surface area contributed by atoms with Gasteiger partial charge in [0.25, 0.3) is 5.91 Å². The Morgan fingerprint density at radius 2 is 1.90 bits per heavy atom. The molecule has 0 aliphatic heterocycles. The largest absolute Gasteiger partial charge is 0.444 e. The van der Waals surface area contributed by atoms with Crippen LogP contribution in [0, 0.1) is 0 Å². The standard InChI is InChI=1S/C21H27N5O3S/c1-21(2,3)29-20(28)26(12-17-22-14-8-6-7-9-15(14)23-17)11-10-18-24-16(13-30-18)19(27)25(4)5/h6-9,13H,10-12H2,1-5H3,(H,22,23). The van der Waals surface area contributed by atoms with Gasteiger partial charge >= 0.3 is 6.09 Å². The molecule has 8 nitrogen and oxygen atoms in total. The molecule has 9 heteroatoms. The number of hydrogen-bond acceptors (Lipinski definition) is 6. The molecule has 0 fully saturated rings. The zero-order valence-electron chi connectivity index (χ0n) is 17.9. The van der Waals surface area contributed by atoms with Gasteiger partial charge in [-0.2, -0.15) is 0 Å². The van der Waals surface area contributed by atoms with E-state index in [-0.39, 0.29) is 5.91 Å². The Bertz CT molecular complexity index is 1000. The zero-order chi connectivity index (χ0) is 21.9. The monoisotopic (exact) mass is 429 g/mol. The van der Waals surface area contributed by atoms with Crippen LogP contribution in [0.5, 0.6) is 0 Å². The molecule has 3 aromatic rings. The average Bonchev–Trinajstić information content (AvgIpc) is 3.29. The Balaban J connectivity index is 1.74. The van der Waals surface area contributed by atoms with Gasteiger partial charge in [0, 0.05) is 32.4 Å². The first kappa shape index (κ1) is 21.8. The van der Waals surface area contributed by atoms with Gasteiger partial charge in [-0.25, -0.2) is 14.8 Å². The third-order valence-corrected chi connectivity index (χ3v) is 5.11. The second-order valence-corrected chi connectivity index (χ2v) is 9.12. The number of rotatable bonds is 6. The van der Waals surface area contributed by atoms with Crippen LogP contribution in [0.15, 0.2) is 29.6 Å². The Labute approximate surface area is 179 Å². The van der Waals surface area contributed by atoms with E-state index in [1.54, 1.807) is 24.4 Å². The summed E-state index contributed by atoms with van der Waals surface area (Å²) in [6.07, 6.45) is 0.106. The van der Waals surface area contributed by atoms with E-state index < -0.39 is 11.7 Å². The summed E-state index contributed by atoms with van der Waals surface area (Å²) in [7, 11) is 3.39. The van der Waals surface area contributed by atoms with E-state index in [0.717, 1.165) is 16.0 Å². The molecule has 2 amide bonds. The van der Waals surface area contributed by atoms with Gasteiger partial charge < -0.3 is 19.5 Å². The van der Waals surface area contributed by atoms with Crippen molar-refractivity contribution in [3.05, 3.63) is 46.2 Å². The number of carbonyl (C=O) groups excluding carboxylic acids is 2. The number of hydrogen-bond donors (Lipinski definition) is 1. The summed E-state index contributed by atoms with van der Waals surface area (Å²) in [5.41, 5.74) is 1.59. The number of ether oxygens (including phenoxy) is 1. The lowest BCUT2D eigenvalue weighted by atomic mass is 10.2. The van der Waals surface area contributed by atoms with E-state index in [2.05, 4.69) is 15.0 Å². The normalized spacial score (nSPS) is 11.5. The van der Waals surface area contributed by atoms with E-state index in [1.165, 1.54) is 16.2 Å². The van der Waals surface area contributed by atoms with Crippen molar-refractivity contribution < 1.29 is 14.3 Å². The maximum absolute atomic E-state index is 12.8. The van der Waals surface area contributed by atoms with Crippen molar-refractivity contribution in [3.63, 3.8) is 0 Å². The third-order valence-electron chi connectivity index (χ3n) is 4.20. The molecule has 3 rings (SSSR count). The van der Waals surface area contributed by atoms with E-state index >= 15 is 0 Å². The molecule has 2 heterocycles. The topological polar surface area (TPSA) is 91.4 Å². The van der Waals surface area contributed by atoms with Crippen LogP contribution in [0.1, 0.15) is 42.1 Å². The molecular formula is C21H27N5O3S. The lowest BCUT2D eigenvalue weighted by Gasteiger charge is -2.26. The fourth-order valence-electron chi connectivity index (χ4n) is 2.81. The number of fused-ring (bicyclic) bond motifs is 1. The molecule has 0 saturated heterocycles. The minimum atomic E-state index is -0.601. The first-order valence-corrected chi connectivity index (χ1v) is 10.6. The van der Waals surface area contributed by atoms with Crippen molar-refractivity contribution in [2.45, 2.75) is 39.3 Å². The van der Waals surface area contributed by atoms with Crippen molar-refractivity contribution in [2.24, 2.45) is 0 Å². The molecule has 2 aromatic heterocycles. The summed E-state index contributed by atoms with van der Waals surface area (Å²) in [5, 5.41) is 2.53. The highest BCUT2D eigenvalue weighted by atomic mass is 32.1. The van der Waals surface area contributed by atoms with Crippen molar-refractivity contribution in [1.29, 1.82) is 0 Å². The number of thiazole rings is 1. The molecule has 1 aromatic carbocycles. The highest BCUT2D eigenvalue weighted by molar-refractivity contribution is 7.09. The van der Waals surface area contributed by atoms with Crippen molar-refractivity contribution >= 4 is 34.4 Å². The van der Waals surface area contributed by atoms with Gasteiger partial charge in [0.2, 0.25) is 0 Å². The number of carbonyl (C=O) groups is 2. The van der Waals surface area contributed by atoms with Crippen LogP contribution >= 0.6 is 11.3 Å². The number of nitrogens with zero attached hydrogens (tertiary/aromatic N) is 4. The Hall–Kier alpha value is -2.94. The molecule has 0 aliphatic carbocycles. The zero-order valence-corrected chi connectivity index (χ0v) is 18.7. The summed E-state index contributed by atoms with van der Waals surface area (Å²) >= 11 is 1.41. The Kier molecular flexibility index (Phi) is 6.40. The summed E-state index contributed by atoms with van der Waals surface area (Å²) in [6.45, 7) is 6.20. The number of aromatic nitrogens is 3. The molecule has 0 aliphatic rings. The number of para-hydroxylation sites is 2. The van der Waals surface area contributed by atoms with Crippen LogP contribution in [0.2, 0.25) is 0 Å². The van der Waals surface area contributed by atoms with Gasteiger partial charge in [0.1, 0.15) is 17.1 Å². The van der Waals surface area contributed by atoms with E-state index in [9.17, 15) is 9.59 Å². The molecule has 0 unspecified atom stereocenters. The predicted octanol–water partition coefficient (Wildman–Crippen LogP) is 3.70. The molecule has 0 bridgehead atoms. The third kappa shape index (κ3) is 5.56. The van der Waals surface area contributed by atoms with Gasteiger partial charge in [-0.1, -0.05) is 12.1 Å². The number of aromatic amines is 1. The summed E-state index contributed by atoms with van der Waals surface area (Å²) in [5.74, 6) is 0.549. The lowest BCUT2D eigenvalue weighted by Crippen LogP contribution is -2.37. The number of nitrogens with one attached hydrogen (secondary N) is 1. The van der Waals surface area contributed by atoms with Gasteiger partial charge in [0.05, 0.1) is 22.6 Å². The average molecular weight is 430 g/mol. The van der Waals surface area contributed by atoms with Crippen LogP contribution in [-0.2, 0) is 17.7 Å². The van der Waals surface area contributed by atoms with E-state index in [0.29, 0.717) is 31.0 Å². The number of amides is 2. The van der Waals surface area contributed by atoms with Crippen LogP contribution in [0.3, 0.4) is 0 Å². The highest BCUT2D eigenvalue weighted by Gasteiger charge is 2.24. The van der Waals surface area contributed by atoms with Gasteiger partial charge in [-0.05, 0) is 32.9 Å². The molecular weight excluding hydrogens is 402 g/mol. The fraction of sp³-hybridized carbons (Fsp3) is 0.429. The van der Waals surface area contributed by atoms with Crippen molar-refractivity contribution in [3.8, 4) is 0 Å². The maximum atomic E-state index is 12.8. The van der Waals surface area contributed by atoms with E-state index in [1.807, 2.05) is 45.0 Å². The van der Waals surface area contributed by atoms with E-state index in [4.69, 9.17) is 4.74 Å². The molecule has 0 saturated carbocycles. The van der Waals surface area contributed by atoms with Crippen LogP contribution in [0.4, 0.5) is 4.79 Å². The second-order valence-electron chi connectivity index (χ2n) is 8.18. The summed E-state index contributed by atoms with van der Waals surface area (Å²) in [4.78, 5) is 40.2. The quantitative estimate of drug-likeness (QED) is 0.645. The fourth-order valence-corrected chi connectivity index (χ4v) is 3.57. The predicted molar refractivity (Wildman–Crippen MR) is 117 cm³/mol. The number of benzene rings is 1. The van der Waals surface area contributed by atoms with Crippen LogP contribution < -0.4 is 0 Å². The van der Waals surface area contributed by atoms with Gasteiger partial charge in [0.15, 0.2) is 0 Å². The van der Waals surface area contributed by atoms with Gasteiger partial charge in [-0.15, -0.1) is 11.3 Å². The maximum Gasteiger partial charge on any atom is 0.410 e. The Morgan fingerprint density at radius 1 is 1.17 bits per heavy atom. The molecule has 0 spiro atoms. The highest BCUT2D eigenvalue weighted by Crippen LogP contribution is 2.17. The molecule has 1 N–H and O–H groups in total. The minimum Gasteiger partial charge on any atom is -0.444 e. The number of H-pyrrole nitrogens is 1. The van der Waals surface area contributed by atoms with Gasteiger partial charge in [-0.3, -0.25) is 4.79 Å². The smallest absolute Gasteiger partial charge is 0.410 e. The Morgan fingerprint density at radius 3 is 2.57 bits per heavy atom. The summed E-state index contributed by atoms with van der Waals surface area (Å²) < 4.78 is 5.58. The molecule has 0 atom stereocenters. The minimum absolute atomic E-state index is 0.135. The molecule has 160 valence electrons. The molecule has 0 radical (unpaired) electrons. The summed E-state index contributed by atoms with van der Waals surface area (Å²) in [6, 6.07) is 7.73. The van der Waals surface area contributed by atoms with Crippen molar-refractivity contribution in [2.75, 3.05) is 20.6 Å². The van der Waals surface area contributed by atoms with Crippen molar-refractivity contribution in [1.82, 2.24) is 24.8 Å².